The Balaban J connectivity index is 0.00000220. The average molecular weight is 397 g/mol. The first kappa shape index (κ1) is 18.4. The van der Waals surface area contributed by atoms with Crippen LogP contribution in [0.15, 0.2) is 42.6 Å². The number of nitrogens with zero attached hydrogens (tertiary/aromatic N) is 1. The molecule has 0 amide bonds. The van der Waals surface area contributed by atoms with E-state index in [9.17, 15) is 0 Å². The summed E-state index contributed by atoms with van der Waals surface area (Å²) < 4.78 is 2.40. The number of pyridine rings is 1. The van der Waals surface area contributed by atoms with E-state index in [1.165, 1.54) is 62.3 Å². The van der Waals surface area contributed by atoms with Crippen LogP contribution >= 0.6 is 0 Å². The smallest absolute Gasteiger partial charge is 0.212 e. The maximum atomic E-state index is 2.40. The molecule has 0 unspecified atom stereocenters. The van der Waals surface area contributed by atoms with Crippen molar-refractivity contribution in [2.45, 2.75) is 64.8 Å². The van der Waals surface area contributed by atoms with E-state index >= 15 is 0 Å². The highest BCUT2D eigenvalue weighted by molar-refractivity contribution is 5.74. The van der Waals surface area contributed by atoms with Gasteiger partial charge in [0.2, 0.25) is 5.52 Å². The Hall–Kier alpha value is -0.640. The molecule has 21 heavy (non-hydrogen) atoms. The molecule has 0 aliphatic heterocycles. The molecule has 0 atom stereocenters. The van der Waals surface area contributed by atoms with E-state index in [2.05, 4.69) is 54.1 Å². The van der Waals surface area contributed by atoms with E-state index < -0.39 is 0 Å². The molecule has 0 radical (unpaired) electrons. The van der Waals surface area contributed by atoms with E-state index in [0.29, 0.717) is 0 Å². The Kier molecular flexibility index (Phi) is 9.64. The van der Waals surface area contributed by atoms with Crippen molar-refractivity contribution in [1.82, 2.24) is 0 Å². The van der Waals surface area contributed by atoms with E-state index in [1.54, 1.807) is 0 Å². The fourth-order valence-electron chi connectivity index (χ4n) is 2.83. The lowest BCUT2D eigenvalue weighted by atomic mass is 10.1. The lowest BCUT2D eigenvalue weighted by Crippen LogP contribution is -3.00. The Morgan fingerprint density at radius 1 is 0.762 bits per heavy atom. The summed E-state index contributed by atoms with van der Waals surface area (Å²) in [7, 11) is 0. The fourth-order valence-corrected chi connectivity index (χ4v) is 2.83. The molecular weight excluding hydrogens is 369 g/mol. The summed E-state index contributed by atoms with van der Waals surface area (Å²) >= 11 is 0. The highest BCUT2D eigenvalue weighted by Crippen LogP contribution is 2.10. The van der Waals surface area contributed by atoms with Crippen LogP contribution in [0.25, 0.3) is 10.9 Å². The summed E-state index contributed by atoms with van der Waals surface area (Å²) in [5.74, 6) is 0. The molecule has 1 aromatic carbocycles. The van der Waals surface area contributed by atoms with Gasteiger partial charge in [0.1, 0.15) is 6.54 Å². The Labute approximate surface area is 146 Å². The number of aromatic nitrogens is 1. The molecule has 2 aromatic rings. The lowest BCUT2D eigenvalue weighted by Gasteiger charge is -2.02. The van der Waals surface area contributed by atoms with Gasteiger partial charge in [0, 0.05) is 23.9 Å². The minimum Gasteiger partial charge on any atom is -1.00 e. The van der Waals surface area contributed by atoms with Crippen LogP contribution in [-0.2, 0) is 6.54 Å². The highest BCUT2D eigenvalue weighted by atomic mass is 127. The largest absolute Gasteiger partial charge is 1.00 e. The molecule has 1 heterocycles. The lowest BCUT2D eigenvalue weighted by molar-refractivity contribution is -0.671. The quantitative estimate of drug-likeness (QED) is 0.347. The van der Waals surface area contributed by atoms with Crippen molar-refractivity contribution in [3.8, 4) is 0 Å². The topological polar surface area (TPSA) is 3.88 Å². The summed E-state index contributed by atoms with van der Waals surface area (Å²) in [4.78, 5) is 0. The molecule has 0 aliphatic carbocycles. The third kappa shape index (κ3) is 6.33. The Morgan fingerprint density at radius 2 is 1.38 bits per heavy atom. The monoisotopic (exact) mass is 397 g/mol. The summed E-state index contributed by atoms with van der Waals surface area (Å²) in [5, 5.41) is 1.34. The molecule has 0 aliphatic rings. The molecule has 2 heteroatoms. The fraction of sp³-hybridized carbons (Fsp3) is 0.526. The minimum absolute atomic E-state index is 0. The molecule has 1 nitrogen and oxygen atoms in total. The van der Waals surface area contributed by atoms with Crippen molar-refractivity contribution in [3.05, 3.63) is 42.6 Å². The van der Waals surface area contributed by atoms with Gasteiger partial charge in [0.15, 0.2) is 6.20 Å². The Bertz CT molecular complexity index is 504. The van der Waals surface area contributed by atoms with Crippen molar-refractivity contribution in [2.75, 3.05) is 0 Å². The first-order valence-corrected chi connectivity index (χ1v) is 8.29. The van der Waals surface area contributed by atoms with Crippen LogP contribution in [0.2, 0.25) is 0 Å². The van der Waals surface area contributed by atoms with Gasteiger partial charge in [-0.15, -0.1) is 0 Å². The zero-order valence-corrected chi connectivity index (χ0v) is 15.4. The second-order valence-electron chi connectivity index (χ2n) is 5.74. The molecule has 116 valence electrons. The van der Waals surface area contributed by atoms with Crippen LogP contribution in [0.4, 0.5) is 0 Å². The standard InChI is InChI=1S/C19H28N.HI/c1-2-3-4-5-6-7-8-11-16-20-17-12-14-18-13-9-10-15-19(18)20;/h9-10,12-15,17H,2-8,11,16H2,1H3;1H/q+1;/p-1. The molecule has 2 rings (SSSR count). The van der Waals surface area contributed by atoms with Gasteiger partial charge in [0.25, 0.3) is 0 Å². The van der Waals surface area contributed by atoms with Gasteiger partial charge in [-0.05, 0) is 18.6 Å². The number of benzene rings is 1. The van der Waals surface area contributed by atoms with E-state index in [4.69, 9.17) is 0 Å². The molecule has 0 spiro atoms. The third-order valence-corrected chi connectivity index (χ3v) is 4.04. The minimum atomic E-state index is 0. The van der Waals surface area contributed by atoms with Crippen molar-refractivity contribution in [2.24, 2.45) is 0 Å². The molecule has 1 aromatic heterocycles. The molecule has 0 saturated heterocycles. The van der Waals surface area contributed by atoms with Gasteiger partial charge >= 0.3 is 0 Å². The van der Waals surface area contributed by atoms with Crippen molar-refractivity contribution < 1.29 is 28.5 Å². The maximum absolute atomic E-state index is 2.40. The number of para-hydroxylation sites is 1. The van der Waals surface area contributed by atoms with Gasteiger partial charge < -0.3 is 24.0 Å². The maximum Gasteiger partial charge on any atom is 0.212 e. The zero-order chi connectivity index (χ0) is 14.0. The third-order valence-electron chi connectivity index (χ3n) is 4.04. The number of hydrogen-bond donors (Lipinski definition) is 0. The molecule has 0 N–H and O–H groups in total. The van der Waals surface area contributed by atoms with Gasteiger partial charge in [-0.25, -0.2) is 0 Å². The second kappa shape index (κ2) is 11.0. The summed E-state index contributed by atoms with van der Waals surface area (Å²) in [6.07, 6.45) is 13.3. The summed E-state index contributed by atoms with van der Waals surface area (Å²) in [5.41, 5.74) is 1.36. The summed E-state index contributed by atoms with van der Waals surface area (Å²) in [6.45, 7) is 3.43. The number of hydrogen-bond acceptors (Lipinski definition) is 0. The van der Waals surface area contributed by atoms with E-state index in [1.807, 2.05) is 0 Å². The van der Waals surface area contributed by atoms with Gasteiger partial charge in [-0.2, -0.15) is 4.57 Å². The van der Waals surface area contributed by atoms with E-state index in [0.717, 1.165) is 6.54 Å². The van der Waals surface area contributed by atoms with Crippen LogP contribution in [0, 0.1) is 0 Å². The number of rotatable bonds is 9. The van der Waals surface area contributed by atoms with Gasteiger partial charge in [0.05, 0.1) is 0 Å². The molecule has 0 fully saturated rings. The molecule has 0 bridgehead atoms. The van der Waals surface area contributed by atoms with Crippen molar-refractivity contribution >= 4 is 10.9 Å². The van der Waals surface area contributed by atoms with Gasteiger partial charge in [-0.1, -0.05) is 57.6 Å². The van der Waals surface area contributed by atoms with Crippen LogP contribution in [0.3, 0.4) is 0 Å². The number of fused-ring (bicyclic) bond motifs is 1. The van der Waals surface area contributed by atoms with Crippen LogP contribution < -0.4 is 28.5 Å². The normalized spacial score (nSPS) is 10.5. The Morgan fingerprint density at radius 3 is 2.14 bits per heavy atom. The SMILES string of the molecule is CCCCCCCCCC[n+]1cccc2ccccc21.[I-]. The second-order valence-corrected chi connectivity index (χ2v) is 5.74. The average Bonchev–Trinajstić information content (AvgIpc) is 2.50. The van der Waals surface area contributed by atoms with E-state index in [-0.39, 0.29) is 24.0 Å². The first-order chi connectivity index (χ1) is 9.92. The zero-order valence-electron chi connectivity index (χ0n) is 13.2. The van der Waals surface area contributed by atoms with Crippen molar-refractivity contribution in [1.29, 1.82) is 0 Å². The number of unbranched alkanes of at least 4 members (excludes halogenated alkanes) is 7. The van der Waals surface area contributed by atoms with Crippen LogP contribution in [-0.4, -0.2) is 0 Å². The predicted octanol–water partition coefficient (Wildman–Crippen LogP) is 2.27. The molecular formula is C19H28IN. The van der Waals surface area contributed by atoms with Gasteiger partial charge in [-0.3, -0.25) is 0 Å². The van der Waals surface area contributed by atoms with Crippen molar-refractivity contribution in [3.63, 3.8) is 0 Å². The van der Waals surface area contributed by atoms with Crippen LogP contribution in [0.5, 0.6) is 0 Å². The van der Waals surface area contributed by atoms with Crippen LogP contribution in [0.1, 0.15) is 58.3 Å². The number of halogens is 1. The number of aryl methyl sites for hydroxylation is 1. The first-order valence-electron chi connectivity index (χ1n) is 8.29. The molecule has 0 saturated carbocycles. The predicted molar refractivity (Wildman–Crippen MR) is 86.8 cm³/mol. The summed E-state index contributed by atoms with van der Waals surface area (Å²) in [6, 6.07) is 13.0. The highest BCUT2D eigenvalue weighted by Gasteiger charge is 2.06.